The van der Waals surface area contributed by atoms with E-state index in [1.54, 1.807) is 13.0 Å². The molecule has 1 fully saturated rings. The van der Waals surface area contributed by atoms with Gasteiger partial charge in [-0.05, 0) is 56.9 Å². The molecule has 3 rings (SSSR count). The summed E-state index contributed by atoms with van der Waals surface area (Å²) in [4.78, 5) is 26.6. The van der Waals surface area contributed by atoms with Gasteiger partial charge in [-0.1, -0.05) is 11.2 Å². The van der Waals surface area contributed by atoms with E-state index in [1.165, 1.54) is 5.56 Å². The molecule has 0 radical (unpaired) electrons. The number of nitrogens with zero attached hydrogens (tertiary/aromatic N) is 2. The lowest BCUT2D eigenvalue weighted by Crippen LogP contribution is -2.46. The zero-order valence-electron chi connectivity index (χ0n) is 14.8. The summed E-state index contributed by atoms with van der Waals surface area (Å²) in [7, 11) is 0. The van der Waals surface area contributed by atoms with Gasteiger partial charge in [0, 0.05) is 30.8 Å². The highest BCUT2D eigenvalue weighted by molar-refractivity contribution is 5.94. The summed E-state index contributed by atoms with van der Waals surface area (Å²) < 4.78 is 4.93. The average Bonchev–Trinajstić information content (AvgIpc) is 3.04. The lowest BCUT2D eigenvalue weighted by Gasteiger charge is -2.32. The molecule has 0 atom stereocenters. The predicted octanol–water partition coefficient (Wildman–Crippen LogP) is 2.63. The second-order valence-corrected chi connectivity index (χ2v) is 6.66. The fourth-order valence-corrected chi connectivity index (χ4v) is 3.02. The van der Waals surface area contributed by atoms with Gasteiger partial charge in [-0.2, -0.15) is 0 Å². The van der Waals surface area contributed by atoms with Crippen molar-refractivity contribution in [3.05, 3.63) is 52.4 Å². The molecule has 2 aromatic rings. The van der Waals surface area contributed by atoms with Crippen molar-refractivity contribution in [2.24, 2.45) is 0 Å². The molecule has 2 amide bonds. The minimum atomic E-state index is -0.226. The topological polar surface area (TPSA) is 75.4 Å². The Morgan fingerprint density at radius 1 is 1.12 bits per heavy atom. The summed E-state index contributed by atoms with van der Waals surface area (Å²) in [6, 6.07) is 7.47. The van der Waals surface area contributed by atoms with E-state index in [0.29, 0.717) is 24.5 Å². The van der Waals surface area contributed by atoms with E-state index in [0.717, 1.165) is 24.0 Å². The number of carbonyl (C=O) groups is 2. The molecule has 1 aromatic heterocycles. The Kier molecular flexibility index (Phi) is 4.88. The molecule has 1 aliphatic rings. The Morgan fingerprint density at radius 2 is 1.84 bits per heavy atom. The van der Waals surface area contributed by atoms with E-state index in [9.17, 15) is 9.59 Å². The summed E-state index contributed by atoms with van der Waals surface area (Å²) >= 11 is 0. The average molecular weight is 341 g/mol. The van der Waals surface area contributed by atoms with Gasteiger partial charge in [0.1, 0.15) is 5.76 Å². The van der Waals surface area contributed by atoms with Gasteiger partial charge in [0.25, 0.3) is 11.8 Å². The molecule has 0 spiro atoms. The molecule has 25 heavy (non-hydrogen) atoms. The minimum Gasteiger partial charge on any atom is -0.361 e. The molecule has 0 bridgehead atoms. The van der Waals surface area contributed by atoms with Crippen molar-refractivity contribution in [2.75, 3.05) is 13.1 Å². The van der Waals surface area contributed by atoms with Crippen molar-refractivity contribution >= 4 is 11.8 Å². The second kappa shape index (κ2) is 7.09. The van der Waals surface area contributed by atoms with E-state index in [-0.39, 0.29) is 17.9 Å². The van der Waals surface area contributed by atoms with E-state index in [4.69, 9.17) is 4.52 Å². The predicted molar refractivity (Wildman–Crippen MR) is 93.5 cm³/mol. The van der Waals surface area contributed by atoms with Crippen LogP contribution in [0.25, 0.3) is 0 Å². The maximum atomic E-state index is 12.6. The molecule has 1 saturated heterocycles. The van der Waals surface area contributed by atoms with Gasteiger partial charge >= 0.3 is 0 Å². The minimum absolute atomic E-state index is 0.0494. The Morgan fingerprint density at radius 3 is 2.44 bits per heavy atom. The molecule has 1 aliphatic heterocycles. The first-order valence-electron chi connectivity index (χ1n) is 8.55. The summed E-state index contributed by atoms with van der Waals surface area (Å²) in [6.45, 7) is 7.07. The first-order chi connectivity index (χ1) is 11.9. The van der Waals surface area contributed by atoms with Crippen LogP contribution < -0.4 is 5.32 Å². The molecule has 2 heterocycles. The molecular weight excluding hydrogens is 318 g/mol. The smallest absolute Gasteiger partial charge is 0.273 e. The fourth-order valence-electron chi connectivity index (χ4n) is 3.02. The van der Waals surface area contributed by atoms with Crippen LogP contribution in [0.3, 0.4) is 0 Å². The van der Waals surface area contributed by atoms with E-state index in [2.05, 4.69) is 10.5 Å². The van der Waals surface area contributed by atoms with Gasteiger partial charge in [-0.25, -0.2) is 0 Å². The van der Waals surface area contributed by atoms with E-state index >= 15 is 0 Å². The monoisotopic (exact) mass is 341 g/mol. The molecular formula is C19H23N3O3. The maximum Gasteiger partial charge on any atom is 0.273 e. The first-order valence-corrected chi connectivity index (χ1v) is 8.55. The SMILES string of the molecule is Cc1cc(C(=O)NC2CCN(C(=O)c3ccc(C)c(C)c3)CC2)no1. The van der Waals surface area contributed by atoms with E-state index in [1.807, 2.05) is 36.9 Å². The first kappa shape index (κ1) is 17.2. The molecule has 1 aromatic carbocycles. The van der Waals surface area contributed by atoms with Crippen LogP contribution in [-0.4, -0.2) is 41.0 Å². The third-order valence-corrected chi connectivity index (χ3v) is 4.73. The number of nitrogens with one attached hydrogen (secondary N) is 1. The highest BCUT2D eigenvalue weighted by Crippen LogP contribution is 2.17. The highest BCUT2D eigenvalue weighted by atomic mass is 16.5. The highest BCUT2D eigenvalue weighted by Gasteiger charge is 2.25. The number of benzene rings is 1. The second-order valence-electron chi connectivity index (χ2n) is 6.66. The van der Waals surface area contributed by atoms with E-state index < -0.39 is 0 Å². The summed E-state index contributed by atoms with van der Waals surface area (Å²) in [5, 5.41) is 6.69. The largest absolute Gasteiger partial charge is 0.361 e. The molecule has 6 nitrogen and oxygen atoms in total. The quantitative estimate of drug-likeness (QED) is 0.931. The lowest BCUT2D eigenvalue weighted by molar-refractivity contribution is 0.0697. The fraction of sp³-hybridized carbons (Fsp3) is 0.421. The number of aromatic nitrogens is 1. The number of aryl methyl sites for hydroxylation is 3. The molecule has 0 saturated carbocycles. The van der Waals surface area contributed by atoms with Gasteiger partial charge in [0.15, 0.2) is 5.69 Å². The normalized spacial score (nSPS) is 15.2. The summed E-state index contributed by atoms with van der Waals surface area (Å²) in [5.74, 6) is 0.440. The van der Waals surface area contributed by atoms with Crippen LogP contribution in [0.5, 0.6) is 0 Å². The number of piperidine rings is 1. The Bertz CT molecular complexity index is 789. The number of hydrogen-bond donors (Lipinski definition) is 1. The van der Waals surface area contributed by atoms with Crippen molar-refractivity contribution in [3.8, 4) is 0 Å². The van der Waals surface area contributed by atoms with Crippen LogP contribution >= 0.6 is 0 Å². The zero-order valence-corrected chi connectivity index (χ0v) is 14.8. The standard InChI is InChI=1S/C19H23N3O3/c1-12-4-5-15(10-13(12)2)19(24)22-8-6-16(7-9-22)20-18(23)17-11-14(3)25-21-17/h4-5,10-11,16H,6-9H2,1-3H3,(H,20,23). The summed E-state index contributed by atoms with van der Waals surface area (Å²) in [5.41, 5.74) is 3.33. The lowest BCUT2D eigenvalue weighted by atomic mass is 10.0. The number of rotatable bonds is 3. The van der Waals surface area contributed by atoms with Crippen LogP contribution in [0.1, 0.15) is 50.6 Å². The van der Waals surface area contributed by atoms with Crippen molar-refractivity contribution in [1.29, 1.82) is 0 Å². The molecule has 1 N–H and O–H groups in total. The number of hydrogen-bond acceptors (Lipinski definition) is 4. The van der Waals surface area contributed by atoms with Crippen LogP contribution in [0, 0.1) is 20.8 Å². The third-order valence-electron chi connectivity index (χ3n) is 4.73. The number of carbonyl (C=O) groups excluding carboxylic acids is 2. The molecule has 6 heteroatoms. The zero-order chi connectivity index (χ0) is 18.0. The molecule has 0 aliphatic carbocycles. The van der Waals surface area contributed by atoms with Gasteiger partial charge < -0.3 is 14.7 Å². The van der Waals surface area contributed by atoms with Crippen molar-refractivity contribution in [1.82, 2.24) is 15.4 Å². The van der Waals surface area contributed by atoms with Crippen LogP contribution in [0.4, 0.5) is 0 Å². The number of likely N-dealkylation sites (tertiary alicyclic amines) is 1. The third kappa shape index (κ3) is 3.90. The van der Waals surface area contributed by atoms with Crippen molar-refractivity contribution < 1.29 is 14.1 Å². The van der Waals surface area contributed by atoms with Crippen LogP contribution in [-0.2, 0) is 0 Å². The van der Waals surface area contributed by atoms with Crippen molar-refractivity contribution in [3.63, 3.8) is 0 Å². The number of amides is 2. The molecule has 0 unspecified atom stereocenters. The Hall–Kier alpha value is -2.63. The van der Waals surface area contributed by atoms with Crippen LogP contribution in [0.2, 0.25) is 0 Å². The van der Waals surface area contributed by atoms with Crippen LogP contribution in [0.15, 0.2) is 28.8 Å². The Labute approximate surface area is 147 Å². The van der Waals surface area contributed by atoms with Gasteiger partial charge in [0.2, 0.25) is 0 Å². The van der Waals surface area contributed by atoms with Gasteiger partial charge in [-0.15, -0.1) is 0 Å². The summed E-state index contributed by atoms with van der Waals surface area (Å²) in [6.07, 6.45) is 1.47. The Balaban J connectivity index is 1.55. The van der Waals surface area contributed by atoms with Crippen molar-refractivity contribution in [2.45, 2.75) is 39.7 Å². The maximum absolute atomic E-state index is 12.6. The van der Waals surface area contributed by atoms with Gasteiger partial charge in [-0.3, -0.25) is 9.59 Å². The van der Waals surface area contributed by atoms with Gasteiger partial charge in [0.05, 0.1) is 0 Å². The molecule has 132 valence electrons.